The molecule has 20 heavy (non-hydrogen) atoms. The number of nitrogens with one attached hydrogen (secondary N) is 1. The average Bonchev–Trinajstić information content (AvgIpc) is 3.00. The number of rotatable bonds is 4. The minimum Gasteiger partial charge on any atom is -0.393 e. The van der Waals surface area contributed by atoms with Gasteiger partial charge in [0.05, 0.1) is 6.10 Å². The molecule has 0 radical (unpaired) electrons. The summed E-state index contributed by atoms with van der Waals surface area (Å²) in [5.74, 6) is 0. The van der Waals surface area contributed by atoms with Crippen LogP contribution in [0.5, 0.6) is 0 Å². The van der Waals surface area contributed by atoms with E-state index in [1.807, 2.05) is 0 Å². The van der Waals surface area contributed by atoms with Gasteiger partial charge in [-0.15, -0.1) is 0 Å². The number of hydrogen-bond acceptors (Lipinski definition) is 3. The fourth-order valence-corrected chi connectivity index (χ4v) is 3.41. The molecular weight excluding hydrogens is 248 g/mol. The van der Waals surface area contributed by atoms with Crippen LogP contribution in [0.4, 0.5) is 5.69 Å². The van der Waals surface area contributed by atoms with Crippen molar-refractivity contribution in [1.29, 1.82) is 0 Å². The number of aliphatic hydroxyl groups excluding tert-OH is 1. The van der Waals surface area contributed by atoms with E-state index >= 15 is 0 Å². The van der Waals surface area contributed by atoms with Crippen LogP contribution in [0.3, 0.4) is 0 Å². The Kier molecular flexibility index (Phi) is 4.58. The van der Waals surface area contributed by atoms with Crippen LogP contribution in [-0.4, -0.2) is 30.3 Å². The molecule has 3 heteroatoms. The van der Waals surface area contributed by atoms with E-state index in [1.54, 1.807) is 0 Å². The maximum Gasteiger partial charge on any atom is 0.0555 e. The Morgan fingerprint density at radius 1 is 1.05 bits per heavy atom. The first-order valence-electron chi connectivity index (χ1n) is 8.06. The SMILES string of the molecule is OC1CCCC(NCc2ccc(N3CCCC3)cc2)C1. The van der Waals surface area contributed by atoms with E-state index in [0.29, 0.717) is 6.04 Å². The molecule has 2 unspecified atom stereocenters. The van der Waals surface area contributed by atoms with Crippen molar-refractivity contribution in [2.24, 2.45) is 0 Å². The highest BCUT2D eigenvalue weighted by Gasteiger charge is 2.19. The largest absolute Gasteiger partial charge is 0.393 e. The number of nitrogens with zero attached hydrogens (tertiary/aromatic N) is 1. The second-order valence-electron chi connectivity index (χ2n) is 6.26. The summed E-state index contributed by atoms with van der Waals surface area (Å²) in [5, 5.41) is 13.3. The quantitative estimate of drug-likeness (QED) is 0.886. The molecule has 1 aromatic rings. The van der Waals surface area contributed by atoms with Crippen molar-refractivity contribution in [3.8, 4) is 0 Å². The molecule has 0 spiro atoms. The molecule has 1 aliphatic heterocycles. The minimum absolute atomic E-state index is 0.0983. The summed E-state index contributed by atoms with van der Waals surface area (Å²) in [6.07, 6.45) is 6.78. The molecule has 2 fully saturated rings. The Hall–Kier alpha value is -1.06. The van der Waals surface area contributed by atoms with Gasteiger partial charge in [-0.25, -0.2) is 0 Å². The first-order chi connectivity index (χ1) is 9.81. The highest BCUT2D eigenvalue weighted by Crippen LogP contribution is 2.21. The molecule has 1 saturated carbocycles. The maximum absolute atomic E-state index is 9.69. The molecule has 0 bridgehead atoms. The van der Waals surface area contributed by atoms with Crippen LogP contribution < -0.4 is 10.2 Å². The molecule has 1 heterocycles. The molecule has 2 aliphatic rings. The fourth-order valence-electron chi connectivity index (χ4n) is 3.41. The van der Waals surface area contributed by atoms with Crippen molar-refractivity contribution >= 4 is 5.69 Å². The molecule has 0 amide bonds. The second kappa shape index (κ2) is 6.59. The first-order valence-corrected chi connectivity index (χ1v) is 8.06. The van der Waals surface area contributed by atoms with Gasteiger partial charge in [0, 0.05) is 31.4 Å². The molecule has 2 atom stereocenters. The van der Waals surface area contributed by atoms with E-state index in [4.69, 9.17) is 0 Å². The zero-order chi connectivity index (χ0) is 13.8. The second-order valence-corrected chi connectivity index (χ2v) is 6.26. The predicted octanol–water partition coefficient (Wildman–Crippen LogP) is 2.68. The van der Waals surface area contributed by atoms with Gasteiger partial charge in [0.2, 0.25) is 0 Å². The topological polar surface area (TPSA) is 35.5 Å². The molecule has 1 saturated heterocycles. The summed E-state index contributed by atoms with van der Waals surface area (Å²) in [6.45, 7) is 3.33. The van der Waals surface area contributed by atoms with Crippen LogP contribution in [-0.2, 0) is 6.54 Å². The summed E-state index contributed by atoms with van der Waals surface area (Å²) in [5.41, 5.74) is 2.70. The molecule has 3 nitrogen and oxygen atoms in total. The summed E-state index contributed by atoms with van der Waals surface area (Å²) in [4.78, 5) is 2.47. The van der Waals surface area contributed by atoms with E-state index in [2.05, 4.69) is 34.5 Å². The molecule has 0 aromatic heterocycles. The maximum atomic E-state index is 9.69. The number of aliphatic hydroxyl groups is 1. The van der Waals surface area contributed by atoms with E-state index in [9.17, 15) is 5.11 Å². The zero-order valence-corrected chi connectivity index (χ0v) is 12.2. The number of anilines is 1. The molecule has 110 valence electrons. The minimum atomic E-state index is -0.0983. The van der Waals surface area contributed by atoms with Crippen molar-refractivity contribution in [3.63, 3.8) is 0 Å². The van der Waals surface area contributed by atoms with Gasteiger partial charge in [0.15, 0.2) is 0 Å². The Morgan fingerprint density at radius 2 is 1.80 bits per heavy atom. The zero-order valence-electron chi connectivity index (χ0n) is 12.2. The number of benzene rings is 1. The van der Waals surface area contributed by atoms with Crippen molar-refractivity contribution in [3.05, 3.63) is 29.8 Å². The van der Waals surface area contributed by atoms with Gasteiger partial charge in [0.1, 0.15) is 0 Å². The van der Waals surface area contributed by atoms with Crippen molar-refractivity contribution < 1.29 is 5.11 Å². The summed E-state index contributed by atoms with van der Waals surface area (Å²) >= 11 is 0. The highest BCUT2D eigenvalue weighted by molar-refractivity contribution is 5.48. The lowest BCUT2D eigenvalue weighted by molar-refractivity contribution is 0.111. The average molecular weight is 274 g/mol. The lowest BCUT2D eigenvalue weighted by atomic mass is 9.93. The lowest BCUT2D eigenvalue weighted by Crippen LogP contribution is -2.35. The Balaban J connectivity index is 1.50. The van der Waals surface area contributed by atoms with E-state index in [1.165, 1.54) is 43.6 Å². The van der Waals surface area contributed by atoms with Gasteiger partial charge in [-0.3, -0.25) is 0 Å². The van der Waals surface area contributed by atoms with Crippen LogP contribution in [0.25, 0.3) is 0 Å². The Bertz CT molecular complexity index is 412. The van der Waals surface area contributed by atoms with Crippen molar-refractivity contribution in [2.75, 3.05) is 18.0 Å². The van der Waals surface area contributed by atoms with Crippen molar-refractivity contribution in [1.82, 2.24) is 5.32 Å². The predicted molar refractivity (Wildman–Crippen MR) is 83.0 cm³/mol. The van der Waals surface area contributed by atoms with Gasteiger partial charge in [0.25, 0.3) is 0 Å². The van der Waals surface area contributed by atoms with Crippen LogP contribution in [0.15, 0.2) is 24.3 Å². The monoisotopic (exact) mass is 274 g/mol. The van der Waals surface area contributed by atoms with Crippen LogP contribution in [0.2, 0.25) is 0 Å². The Labute approximate surface area is 122 Å². The molecule has 3 rings (SSSR count). The highest BCUT2D eigenvalue weighted by atomic mass is 16.3. The normalized spacial score (nSPS) is 26.9. The summed E-state index contributed by atoms with van der Waals surface area (Å²) < 4.78 is 0. The van der Waals surface area contributed by atoms with Gasteiger partial charge in [-0.05, 0) is 56.2 Å². The van der Waals surface area contributed by atoms with Crippen LogP contribution >= 0.6 is 0 Å². The van der Waals surface area contributed by atoms with Gasteiger partial charge >= 0.3 is 0 Å². The van der Waals surface area contributed by atoms with Crippen LogP contribution in [0, 0.1) is 0 Å². The molecule has 1 aromatic carbocycles. The number of hydrogen-bond donors (Lipinski definition) is 2. The van der Waals surface area contributed by atoms with Gasteiger partial charge < -0.3 is 15.3 Å². The van der Waals surface area contributed by atoms with Crippen LogP contribution in [0.1, 0.15) is 44.1 Å². The smallest absolute Gasteiger partial charge is 0.0555 e. The first kappa shape index (κ1) is 13.9. The third-order valence-electron chi connectivity index (χ3n) is 4.65. The standard InChI is InChI=1S/C17H26N2O/c20-17-5-3-4-15(12-17)18-13-14-6-8-16(9-7-14)19-10-1-2-11-19/h6-9,15,17-18,20H,1-5,10-13H2. The van der Waals surface area contributed by atoms with E-state index in [0.717, 1.165) is 25.8 Å². The third kappa shape index (κ3) is 3.53. The van der Waals surface area contributed by atoms with Crippen molar-refractivity contribution in [2.45, 2.75) is 57.2 Å². The van der Waals surface area contributed by atoms with E-state index < -0.39 is 0 Å². The molecule has 2 N–H and O–H groups in total. The summed E-state index contributed by atoms with van der Waals surface area (Å²) in [7, 11) is 0. The Morgan fingerprint density at radius 3 is 2.50 bits per heavy atom. The van der Waals surface area contributed by atoms with E-state index in [-0.39, 0.29) is 6.10 Å². The van der Waals surface area contributed by atoms with Gasteiger partial charge in [-0.2, -0.15) is 0 Å². The summed E-state index contributed by atoms with van der Waals surface area (Å²) in [6, 6.07) is 9.45. The third-order valence-corrected chi connectivity index (χ3v) is 4.65. The lowest BCUT2D eigenvalue weighted by Gasteiger charge is -2.27. The molecule has 1 aliphatic carbocycles. The molecular formula is C17H26N2O. The fraction of sp³-hybridized carbons (Fsp3) is 0.647. The van der Waals surface area contributed by atoms with Gasteiger partial charge in [-0.1, -0.05) is 12.1 Å².